The first-order valence-corrected chi connectivity index (χ1v) is 5.09. The summed E-state index contributed by atoms with van der Waals surface area (Å²) in [6.45, 7) is 0. The van der Waals surface area contributed by atoms with Gasteiger partial charge >= 0.3 is 18.5 Å². The lowest BCUT2D eigenvalue weighted by atomic mass is 10.0. The second-order valence-corrected chi connectivity index (χ2v) is 4.17. The van der Waals surface area contributed by atoms with Crippen LogP contribution in [-0.2, 0) is 18.5 Å². The van der Waals surface area contributed by atoms with Gasteiger partial charge in [-0.25, -0.2) is 0 Å². The van der Waals surface area contributed by atoms with Crippen LogP contribution in [0.1, 0.15) is 16.7 Å². The number of hydrogen-bond acceptors (Lipinski definition) is 0. The third kappa shape index (κ3) is 4.42. The van der Waals surface area contributed by atoms with E-state index in [4.69, 9.17) is 0 Å². The molecule has 0 amide bonds. The van der Waals surface area contributed by atoms with Gasteiger partial charge in [0.25, 0.3) is 0 Å². The van der Waals surface area contributed by atoms with Gasteiger partial charge in [-0.3, -0.25) is 0 Å². The molecule has 11 heteroatoms. The fourth-order valence-electron chi connectivity index (χ4n) is 1.20. The molecular formula is C9H2BrF9Mg. The van der Waals surface area contributed by atoms with Gasteiger partial charge in [0.15, 0.2) is 0 Å². The fraction of sp³-hybridized carbons (Fsp3) is 0.333. The molecule has 0 aliphatic carbocycles. The van der Waals surface area contributed by atoms with E-state index in [9.17, 15) is 39.5 Å². The molecular weight excluding hydrogens is 383 g/mol. The molecule has 0 fully saturated rings. The number of halogens is 10. The molecule has 0 atom stereocenters. The van der Waals surface area contributed by atoms with E-state index in [2.05, 4.69) is 0 Å². The van der Waals surface area contributed by atoms with Gasteiger partial charge in [0.1, 0.15) is 0 Å². The van der Waals surface area contributed by atoms with E-state index >= 15 is 0 Å². The molecule has 1 rings (SSSR count). The molecule has 110 valence electrons. The summed E-state index contributed by atoms with van der Waals surface area (Å²) in [7, 11) is 0. The molecule has 0 aliphatic heterocycles. The van der Waals surface area contributed by atoms with Gasteiger partial charge in [-0.05, 0) is 28.1 Å². The fourth-order valence-corrected chi connectivity index (χ4v) is 1.88. The minimum atomic E-state index is -5.35. The van der Waals surface area contributed by atoms with Crippen LogP contribution in [-0.4, -0.2) is 23.1 Å². The van der Waals surface area contributed by atoms with Crippen molar-refractivity contribution >= 4 is 39.0 Å². The van der Waals surface area contributed by atoms with E-state index in [1.165, 1.54) is 0 Å². The van der Waals surface area contributed by atoms with Crippen LogP contribution < -0.4 is 0 Å². The van der Waals surface area contributed by atoms with Crippen molar-refractivity contribution in [3.63, 3.8) is 0 Å². The lowest BCUT2D eigenvalue weighted by Gasteiger charge is -2.18. The second-order valence-electron chi connectivity index (χ2n) is 3.38. The molecule has 0 unspecified atom stereocenters. The second kappa shape index (κ2) is 5.91. The largest absolute Gasteiger partial charge is 0.417 e. The van der Waals surface area contributed by atoms with E-state index in [1.807, 2.05) is 15.9 Å². The summed E-state index contributed by atoms with van der Waals surface area (Å²) in [6, 6.07) is -0.751. The summed E-state index contributed by atoms with van der Waals surface area (Å²) in [5, 5.41) is 0. The van der Waals surface area contributed by atoms with Crippen molar-refractivity contribution in [3.8, 4) is 0 Å². The molecule has 0 aliphatic rings. The first kappa shape index (κ1) is 19.8. The van der Waals surface area contributed by atoms with Crippen molar-refractivity contribution in [1.82, 2.24) is 0 Å². The Morgan fingerprint density at radius 3 is 1.15 bits per heavy atom. The van der Waals surface area contributed by atoms with Crippen molar-refractivity contribution in [3.05, 3.63) is 33.3 Å². The van der Waals surface area contributed by atoms with Gasteiger partial charge in [-0.15, -0.1) is 0 Å². The molecule has 2 radical (unpaired) electrons. The zero-order valence-electron chi connectivity index (χ0n) is 9.14. The summed E-state index contributed by atoms with van der Waals surface area (Å²) in [4.78, 5) is 0. The third-order valence-electron chi connectivity index (χ3n) is 2.01. The standard InChI is InChI=1S/C9H2BrF9.Mg/c10-6-4(8(14,15)16)1-3(7(11,12)13)2-5(6)9(17,18)19;/h1-2H;. The zero-order valence-corrected chi connectivity index (χ0v) is 12.1. The van der Waals surface area contributed by atoms with Gasteiger partial charge in [0.05, 0.1) is 16.7 Å². The van der Waals surface area contributed by atoms with Crippen LogP contribution in [0.5, 0.6) is 0 Å². The molecule has 0 aromatic heterocycles. The van der Waals surface area contributed by atoms with Crippen LogP contribution in [0.4, 0.5) is 39.5 Å². The molecule has 1 aromatic carbocycles. The van der Waals surface area contributed by atoms with Crippen molar-refractivity contribution in [2.24, 2.45) is 0 Å². The van der Waals surface area contributed by atoms with Crippen molar-refractivity contribution in [2.75, 3.05) is 0 Å². The van der Waals surface area contributed by atoms with E-state index in [1.54, 1.807) is 0 Å². The molecule has 0 bridgehead atoms. The van der Waals surface area contributed by atoms with Crippen LogP contribution >= 0.6 is 15.9 Å². The maximum atomic E-state index is 12.4. The SMILES string of the molecule is FC(F)(F)c1cc(C(F)(F)F)c(Br)c(C(F)(F)F)c1.[Mg]. The first-order valence-electron chi connectivity index (χ1n) is 4.29. The Hall–Kier alpha value is -0.164. The van der Waals surface area contributed by atoms with Crippen molar-refractivity contribution in [1.29, 1.82) is 0 Å². The van der Waals surface area contributed by atoms with Crippen LogP contribution in [0, 0.1) is 0 Å². The van der Waals surface area contributed by atoms with Crippen LogP contribution in [0.15, 0.2) is 16.6 Å². The monoisotopic (exact) mass is 384 g/mol. The minimum Gasteiger partial charge on any atom is -0.166 e. The molecule has 20 heavy (non-hydrogen) atoms. The first-order chi connectivity index (χ1) is 8.24. The third-order valence-corrected chi connectivity index (χ3v) is 2.87. The van der Waals surface area contributed by atoms with Crippen LogP contribution in [0.2, 0.25) is 0 Å². The Balaban J connectivity index is 0.00000361. The van der Waals surface area contributed by atoms with Crippen LogP contribution in [0.3, 0.4) is 0 Å². The Morgan fingerprint density at radius 1 is 0.650 bits per heavy atom. The van der Waals surface area contributed by atoms with E-state index in [-0.39, 0.29) is 35.2 Å². The van der Waals surface area contributed by atoms with Gasteiger partial charge in [-0.1, -0.05) is 0 Å². The van der Waals surface area contributed by atoms with Gasteiger partial charge in [0.2, 0.25) is 0 Å². The van der Waals surface area contributed by atoms with Gasteiger partial charge in [0, 0.05) is 27.5 Å². The van der Waals surface area contributed by atoms with Gasteiger partial charge < -0.3 is 0 Å². The van der Waals surface area contributed by atoms with E-state index in [0.29, 0.717) is 0 Å². The predicted molar refractivity (Wildman–Crippen MR) is 54.9 cm³/mol. The Bertz CT molecular complexity index is 451. The maximum absolute atomic E-state index is 12.4. The molecule has 1 aromatic rings. The highest BCUT2D eigenvalue weighted by Crippen LogP contribution is 2.45. The molecule has 0 N–H and O–H groups in total. The van der Waals surface area contributed by atoms with Gasteiger partial charge in [-0.2, -0.15) is 39.5 Å². The van der Waals surface area contributed by atoms with Crippen LogP contribution in [0.25, 0.3) is 0 Å². The summed E-state index contributed by atoms with van der Waals surface area (Å²) < 4.78 is 110. The number of rotatable bonds is 0. The maximum Gasteiger partial charge on any atom is 0.417 e. The lowest BCUT2D eigenvalue weighted by molar-refractivity contribution is -0.149. The molecule has 0 nitrogen and oxygen atoms in total. The highest BCUT2D eigenvalue weighted by Gasteiger charge is 2.44. The highest BCUT2D eigenvalue weighted by atomic mass is 79.9. The average molecular weight is 385 g/mol. The minimum absolute atomic E-state index is 0. The quantitative estimate of drug-likeness (QED) is 0.429. The molecule has 0 saturated carbocycles. The van der Waals surface area contributed by atoms with Crippen molar-refractivity contribution < 1.29 is 39.5 Å². The number of alkyl halides is 9. The topological polar surface area (TPSA) is 0 Å². The Labute approximate surface area is 130 Å². The Morgan fingerprint density at radius 2 is 0.950 bits per heavy atom. The zero-order chi connectivity index (χ0) is 15.2. The normalized spacial score (nSPS) is 13.1. The van der Waals surface area contributed by atoms with E-state index in [0.717, 1.165) is 0 Å². The summed E-state index contributed by atoms with van der Waals surface area (Å²) in [6.07, 6.45) is -16.0. The average Bonchev–Trinajstić information content (AvgIpc) is 2.11. The predicted octanol–water partition coefficient (Wildman–Crippen LogP) is 5.12. The number of benzene rings is 1. The van der Waals surface area contributed by atoms with E-state index < -0.39 is 39.7 Å². The summed E-state index contributed by atoms with van der Waals surface area (Å²) in [5.74, 6) is 0. The molecule has 0 heterocycles. The molecule has 0 saturated heterocycles. The summed E-state index contributed by atoms with van der Waals surface area (Å²) >= 11 is 2.05. The smallest absolute Gasteiger partial charge is 0.166 e. The lowest BCUT2D eigenvalue weighted by Crippen LogP contribution is -2.16. The number of hydrogen-bond donors (Lipinski definition) is 0. The Kier molecular flexibility index (Phi) is 5.86. The molecule has 0 spiro atoms. The summed E-state index contributed by atoms with van der Waals surface area (Å²) in [5.41, 5.74) is -6.08. The van der Waals surface area contributed by atoms with Crippen molar-refractivity contribution in [2.45, 2.75) is 18.5 Å². The highest BCUT2D eigenvalue weighted by molar-refractivity contribution is 9.10.